The molecule has 104 valence electrons. The smallest absolute Gasteiger partial charge is 0.222 e. The monoisotopic (exact) mass is 261 g/mol. The van der Waals surface area contributed by atoms with Gasteiger partial charge in [-0.15, -0.1) is 0 Å². The van der Waals surface area contributed by atoms with E-state index in [0.717, 1.165) is 44.1 Å². The third-order valence-electron chi connectivity index (χ3n) is 4.19. The van der Waals surface area contributed by atoms with Crippen LogP contribution in [0.3, 0.4) is 0 Å². The summed E-state index contributed by atoms with van der Waals surface area (Å²) >= 11 is 0. The van der Waals surface area contributed by atoms with Crippen molar-refractivity contribution >= 4 is 11.8 Å². The Bertz CT molecular complexity index is 420. The fraction of sp³-hybridized carbons (Fsp3) is 0.714. The van der Waals surface area contributed by atoms with Gasteiger partial charge < -0.3 is 16.0 Å². The fourth-order valence-corrected chi connectivity index (χ4v) is 3.14. The van der Waals surface area contributed by atoms with Gasteiger partial charge in [-0.25, -0.2) is 4.98 Å². The Morgan fingerprint density at radius 3 is 2.79 bits per heavy atom. The van der Waals surface area contributed by atoms with E-state index < -0.39 is 0 Å². The van der Waals surface area contributed by atoms with Crippen LogP contribution >= 0.6 is 0 Å². The van der Waals surface area contributed by atoms with E-state index in [1.54, 1.807) is 0 Å². The number of aromatic nitrogens is 2. The molecule has 3 N–H and O–H groups in total. The van der Waals surface area contributed by atoms with E-state index in [1.165, 1.54) is 25.7 Å². The maximum absolute atomic E-state index is 5.91. The van der Waals surface area contributed by atoms with Crippen molar-refractivity contribution < 1.29 is 0 Å². The number of nitrogens with zero attached hydrogens (tertiary/aromatic N) is 3. The minimum atomic E-state index is 0.427. The predicted octanol–water partition coefficient (Wildman–Crippen LogP) is 1.52. The highest BCUT2D eigenvalue weighted by Gasteiger charge is 2.21. The highest BCUT2D eigenvalue weighted by atomic mass is 15.2. The number of anilines is 2. The molecule has 0 unspecified atom stereocenters. The Kier molecular flexibility index (Phi) is 3.82. The Balaban J connectivity index is 1.83. The molecule has 2 heterocycles. The molecule has 0 radical (unpaired) electrons. The lowest BCUT2D eigenvalue weighted by atomic mass is 10.0. The highest BCUT2D eigenvalue weighted by Crippen LogP contribution is 2.34. The van der Waals surface area contributed by atoms with Crippen molar-refractivity contribution in [3.05, 3.63) is 11.8 Å². The van der Waals surface area contributed by atoms with Crippen molar-refractivity contribution in [3.63, 3.8) is 0 Å². The van der Waals surface area contributed by atoms with E-state index in [-0.39, 0.29) is 0 Å². The average molecular weight is 261 g/mol. The first-order chi connectivity index (χ1) is 9.33. The van der Waals surface area contributed by atoms with Gasteiger partial charge in [-0.1, -0.05) is 12.8 Å². The van der Waals surface area contributed by atoms with Gasteiger partial charge in [0.25, 0.3) is 0 Å². The van der Waals surface area contributed by atoms with Crippen molar-refractivity contribution in [1.29, 1.82) is 0 Å². The first kappa shape index (κ1) is 12.7. The van der Waals surface area contributed by atoms with E-state index in [9.17, 15) is 0 Å². The van der Waals surface area contributed by atoms with Crippen LogP contribution in [0.5, 0.6) is 0 Å². The zero-order chi connectivity index (χ0) is 13.1. The first-order valence-corrected chi connectivity index (χ1v) is 7.43. The normalized spacial score (nSPS) is 21.6. The Morgan fingerprint density at radius 1 is 1.11 bits per heavy atom. The molecule has 19 heavy (non-hydrogen) atoms. The van der Waals surface area contributed by atoms with Crippen molar-refractivity contribution in [3.8, 4) is 0 Å². The summed E-state index contributed by atoms with van der Waals surface area (Å²) in [6.45, 7) is 4.16. The molecule has 2 aliphatic rings. The summed E-state index contributed by atoms with van der Waals surface area (Å²) < 4.78 is 0. The summed E-state index contributed by atoms with van der Waals surface area (Å²) in [5.74, 6) is 2.03. The Hall–Kier alpha value is -1.36. The lowest BCUT2D eigenvalue weighted by Crippen LogP contribution is -2.29. The fourth-order valence-electron chi connectivity index (χ4n) is 3.14. The van der Waals surface area contributed by atoms with E-state index >= 15 is 0 Å². The highest BCUT2D eigenvalue weighted by molar-refractivity contribution is 5.44. The van der Waals surface area contributed by atoms with Crippen LogP contribution in [-0.4, -0.2) is 36.1 Å². The van der Waals surface area contributed by atoms with E-state index in [0.29, 0.717) is 11.9 Å². The van der Waals surface area contributed by atoms with Crippen molar-refractivity contribution in [2.24, 2.45) is 0 Å². The van der Waals surface area contributed by atoms with E-state index in [2.05, 4.69) is 26.3 Å². The molecule has 5 nitrogen and oxygen atoms in total. The number of hydrogen-bond acceptors (Lipinski definition) is 5. The van der Waals surface area contributed by atoms with Crippen LogP contribution in [0.2, 0.25) is 0 Å². The van der Waals surface area contributed by atoms with Gasteiger partial charge in [-0.05, 0) is 25.8 Å². The minimum Gasteiger partial charge on any atom is -0.368 e. The van der Waals surface area contributed by atoms with Gasteiger partial charge in [0.05, 0.1) is 5.69 Å². The summed E-state index contributed by atoms with van der Waals surface area (Å²) in [6.07, 6.45) is 6.28. The molecule has 0 amide bonds. The van der Waals surface area contributed by atoms with Gasteiger partial charge in [0, 0.05) is 31.6 Å². The summed E-state index contributed by atoms with van der Waals surface area (Å²) in [7, 11) is 0. The van der Waals surface area contributed by atoms with Crippen LogP contribution in [-0.2, 0) is 0 Å². The molecule has 5 heteroatoms. The first-order valence-electron chi connectivity index (χ1n) is 7.43. The van der Waals surface area contributed by atoms with Gasteiger partial charge in [-0.3, -0.25) is 0 Å². The SMILES string of the molecule is Nc1nc(C2CCCC2)cc(N2CCCNCC2)n1. The summed E-state index contributed by atoms with van der Waals surface area (Å²) in [5, 5.41) is 3.41. The number of hydrogen-bond donors (Lipinski definition) is 2. The molecule has 0 aromatic carbocycles. The number of nitrogens with one attached hydrogen (secondary N) is 1. The van der Waals surface area contributed by atoms with Crippen LogP contribution < -0.4 is 16.0 Å². The van der Waals surface area contributed by atoms with Crippen LogP contribution in [0.25, 0.3) is 0 Å². The quantitative estimate of drug-likeness (QED) is 0.845. The molecule has 1 saturated heterocycles. The standard InChI is InChI=1S/C14H23N5/c15-14-17-12(11-4-1-2-5-11)10-13(18-14)19-8-3-6-16-7-9-19/h10-11,16H,1-9H2,(H2,15,17,18). The average Bonchev–Trinajstić information content (AvgIpc) is 2.81. The van der Waals surface area contributed by atoms with Gasteiger partial charge >= 0.3 is 0 Å². The topological polar surface area (TPSA) is 67.1 Å². The van der Waals surface area contributed by atoms with Crippen molar-refractivity contribution in [1.82, 2.24) is 15.3 Å². The molecular formula is C14H23N5. The summed E-state index contributed by atoms with van der Waals surface area (Å²) in [6, 6.07) is 2.16. The molecule has 1 aliphatic heterocycles. The third-order valence-corrected chi connectivity index (χ3v) is 4.19. The zero-order valence-corrected chi connectivity index (χ0v) is 11.4. The molecule has 0 atom stereocenters. The van der Waals surface area contributed by atoms with Crippen LogP contribution in [0.1, 0.15) is 43.7 Å². The molecule has 3 rings (SSSR count). The molecule has 2 fully saturated rings. The van der Waals surface area contributed by atoms with E-state index in [1.807, 2.05) is 0 Å². The molecule has 1 aromatic rings. The molecule has 0 spiro atoms. The molecule has 1 aromatic heterocycles. The Morgan fingerprint density at radius 2 is 1.95 bits per heavy atom. The largest absolute Gasteiger partial charge is 0.368 e. The lowest BCUT2D eigenvalue weighted by molar-refractivity contribution is 0.692. The molecule has 1 aliphatic carbocycles. The van der Waals surface area contributed by atoms with E-state index in [4.69, 9.17) is 5.73 Å². The second-order valence-corrected chi connectivity index (χ2v) is 5.58. The van der Waals surface area contributed by atoms with Crippen molar-refractivity contribution in [2.45, 2.75) is 38.0 Å². The van der Waals surface area contributed by atoms with Gasteiger partial charge in [0.1, 0.15) is 5.82 Å². The number of nitrogens with two attached hydrogens (primary N) is 1. The molecule has 0 bridgehead atoms. The second kappa shape index (κ2) is 5.74. The zero-order valence-electron chi connectivity index (χ0n) is 11.4. The second-order valence-electron chi connectivity index (χ2n) is 5.58. The van der Waals surface area contributed by atoms with Crippen LogP contribution in [0.15, 0.2) is 6.07 Å². The van der Waals surface area contributed by atoms with Crippen LogP contribution in [0, 0.1) is 0 Å². The number of rotatable bonds is 2. The lowest BCUT2D eigenvalue weighted by Gasteiger charge is -2.22. The number of nitrogen functional groups attached to an aromatic ring is 1. The van der Waals surface area contributed by atoms with Gasteiger partial charge in [-0.2, -0.15) is 4.98 Å². The minimum absolute atomic E-state index is 0.427. The summed E-state index contributed by atoms with van der Waals surface area (Å²) in [5.41, 5.74) is 7.06. The van der Waals surface area contributed by atoms with Crippen LogP contribution in [0.4, 0.5) is 11.8 Å². The molecule has 1 saturated carbocycles. The Labute approximate surface area is 114 Å². The van der Waals surface area contributed by atoms with Gasteiger partial charge in [0.2, 0.25) is 5.95 Å². The maximum Gasteiger partial charge on any atom is 0.222 e. The van der Waals surface area contributed by atoms with Gasteiger partial charge in [0.15, 0.2) is 0 Å². The van der Waals surface area contributed by atoms with Crippen molar-refractivity contribution in [2.75, 3.05) is 36.8 Å². The maximum atomic E-state index is 5.91. The predicted molar refractivity (Wildman–Crippen MR) is 77.4 cm³/mol. The molecular weight excluding hydrogens is 238 g/mol. The third kappa shape index (κ3) is 2.97. The summed E-state index contributed by atoms with van der Waals surface area (Å²) in [4.78, 5) is 11.2.